The standard InChI is InChI=1S/C21H23N7O2/c1-15(16-7-9-18(29)10-8-16)26-27-20-23-19(22-17-5-3-2-4-6-17)24-21(25-20)28-11-13-30-14-12-28/h2-10,29H,11-14H2,1H3,(H2,22,23,24,25,27). The van der Waals surface area contributed by atoms with Crippen LogP contribution in [0, 0.1) is 0 Å². The minimum absolute atomic E-state index is 0.212. The topological polar surface area (TPSA) is 108 Å². The number of phenolic OH excluding ortho intramolecular Hbond substituents is 1. The monoisotopic (exact) mass is 405 g/mol. The fourth-order valence-corrected chi connectivity index (χ4v) is 2.93. The van der Waals surface area contributed by atoms with Crippen molar-refractivity contribution in [3.8, 4) is 5.75 Å². The second kappa shape index (κ2) is 9.19. The van der Waals surface area contributed by atoms with Crippen LogP contribution in [0.2, 0.25) is 0 Å². The third kappa shape index (κ3) is 5.00. The van der Waals surface area contributed by atoms with E-state index in [-0.39, 0.29) is 5.75 Å². The highest BCUT2D eigenvalue weighted by Crippen LogP contribution is 2.19. The summed E-state index contributed by atoms with van der Waals surface area (Å²) >= 11 is 0. The molecule has 0 spiro atoms. The van der Waals surface area contributed by atoms with Crippen LogP contribution in [-0.2, 0) is 4.74 Å². The lowest BCUT2D eigenvalue weighted by Gasteiger charge is -2.27. The molecule has 1 fully saturated rings. The lowest BCUT2D eigenvalue weighted by Crippen LogP contribution is -2.37. The molecule has 0 radical (unpaired) electrons. The van der Waals surface area contributed by atoms with E-state index in [4.69, 9.17) is 4.74 Å². The van der Waals surface area contributed by atoms with Crippen LogP contribution in [0.5, 0.6) is 5.75 Å². The first-order valence-corrected chi connectivity index (χ1v) is 9.68. The normalized spacial score (nSPS) is 14.4. The van der Waals surface area contributed by atoms with Crippen LogP contribution in [-0.4, -0.2) is 52.1 Å². The number of ether oxygens (including phenoxy) is 1. The van der Waals surface area contributed by atoms with Gasteiger partial charge >= 0.3 is 0 Å². The van der Waals surface area contributed by atoms with E-state index in [1.54, 1.807) is 24.3 Å². The van der Waals surface area contributed by atoms with Crippen molar-refractivity contribution in [3.05, 3.63) is 60.2 Å². The number of hydrogen-bond donors (Lipinski definition) is 3. The van der Waals surface area contributed by atoms with E-state index >= 15 is 0 Å². The molecule has 3 N–H and O–H groups in total. The number of rotatable bonds is 6. The fraction of sp³-hybridized carbons (Fsp3) is 0.238. The summed E-state index contributed by atoms with van der Waals surface area (Å²) < 4.78 is 5.43. The van der Waals surface area contributed by atoms with Gasteiger partial charge in [-0.3, -0.25) is 0 Å². The molecule has 0 aliphatic carbocycles. The zero-order valence-corrected chi connectivity index (χ0v) is 16.6. The van der Waals surface area contributed by atoms with Crippen molar-refractivity contribution >= 4 is 29.2 Å². The molecule has 1 saturated heterocycles. The summed E-state index contributed by atoms with van der Waals surface area (Å²) in [7, 11) is 0. The Balaban J connectivity index is 1.59. The SMILES string of the molecule is CC(=NNc1nc(Nc2ccccc2)nc(N2CCOCC2)n1)c1ccc(O)cc1. The van der Waals surface area contributed by atoms with Gasteiger partial charge in [-0.25, -0.2) is 5.43 Å². The number of nitrogens with zero attached hydrogens (tertiary/aromatic N) is 5. The lowest BCUT2D eigenvalue weighted by atomic mass is 10.1. The second-order valence-electron chi connectivity index (χ2n) is 6.73. The summed E-state index contributed by atoms with van der Waals surface area (Å²) in [6, 6.07) is 16.6. The van der Waals surface area contributed by atoms with Gasteiger partial charge in [0, 0.05) is 18.8 Å². The molecule has 1 aliphatic rings. The Kier molecular flexibility index (Phi) is 6.00. The first-order valence-electron chi connectivity index (χ1n) is 9.68. The van der Waals surface area contributed by atoms with Gasteiger partial charge in [0.1, 0.15) is 5.75 Å². The van der Waals surface area contributed by atoms with Crippen LogP contribution in [0.25, 0.3) is 0 Å². The van der Waals surface area contributed by atoms with E-state index < -0.39 is 0 Å². The van der Waals surface area contributed by atoms with Crippen molar-refractivity contribution in [3.63, 3.8) is 0 Å². The van der Waals surface area contributed by atoms with Crippen molar-refractivity contribution < 1.29 is 9.84 Å². The number of hydrogen-bond acceptors (Lipinski definition) is 9. The summed E-state index contributed by atoms with van der Waals surface area (Å²) in [4.78, 5) is 15.6. The molecule has 1 aromatic heterocycles. The molecule has 154 valence electrons. The van der Waals surface area contributed by atoms with Gasteiger partial charge in [-0.1, -0.05) is 18.2 Å². The van der Waals surface area contributed by atoms with Gasteiger partial charge in [0.25, 0.3) is 0 Å². The molecule has 2 aromatic carbocycles. The molecule has 2 heterocycles. The van der Waals surface area contributed by atoms with Gasteiger partial charge in [0.15, 0.2) is 0 Å². The van der Waals surface area contributed by atoms with Crippen molar-refractivity contribution in [1.82, 2.24) is 15.0 Å². The third-order valence-electron chi connectivity index (χ3n) is 4.56. The number of hydrazone groups is 1. The summed E-state index contributed by atoms with van der Waals surface area (Å²) in [5, 5.41) is 17.1. The minimum atomic E-state index is 0.212. The Morgan fingerprint density at radius 1 is 0.967 bits per heavy atom. The molecule has 3 aromatic rings. The number of benzene rings is 2. The van der Waals surface area contributed by atoms with Crippen LogP contribution in [0.15, 0.2) is 59.7 Å². The van der Waals surface area contributed by atoms with Gasteiger partial charge in [-0.05, 0) is 48.9 Å². The number of phenols is 1. The predicted molar refractivity (Wildman–Crippen MR) is 117 cm³/mol. The van der Waals surface area contributed by atoms with Crippen LogP contribution in [0.3, 0.4) is 0 Å². The quantitative estimate of drug-likeness (QED) is 0.424. The van der Waals surface area contributed by atoms with Crippen molar-refractivity contribution in [2.24, 2.45) is 5.10 Å². The van der Waals surface area contributed by atoms with E-state index in [2.05, 4.69) is 35.7 Å². The average molecular weight is 405 g/mol. The van der Waals surface area contributed by atoms with Gasteiger partial charge in [-0.15, -0.1) is 0 Å². The Bertz CT molecular complexity index is 1000. The summed E-state index contributed by atoms with van der Waals surface area (Å²) in [6.07, 6.45) is 0. The molecular formula is C21H23N7O2. The van der Waals surface area contributed by atoms with Crippen LogP contribution in [0.1, 0.15) is 12.5 Å². The first kappa shape index (κ1) is 19.6. The number of anilines is 4. The third-order valence-corrected chi connectivity index (χ3v) is 4.56. The minimum Gasteiger partial charge on any atom is -0.508 e. The van der Waals surface area contributed by atoms with E-state index in [0.29, 0.717) is 44.1 Å². The van der Waals surface area contributed by atoms with Crippen LogP contribution < -0.4 is 15.6 Å². The maximum Gasteiger partial charge on any atom is 0.250 e. The highest BCUT2D eigenvalue weighted by molar-refractivity contribution is 5.99. The molecule has 4 rings (SSSR count). The van der Waals surface area contributed by atoms with E-state index in [9.17, 15) is 5.11 Å². The molecule has 9 heteroatoms. The molecule has 0 atom stereocenters. The molecule has 0 bridgehead atoms. The number of para-hydroxylation sites is 1. The fourth-order valence-electron chi connectivity index (χ4n) is 2.93. The number of morpholine rings is 1. The first-order chi connectivity index (χ1) is 14.7. The largest absolute Gasteiger partial charge is 0.508 e. The van der Waals surface area contributed by atoms with Crippen molar-refractivity contribution in [2.75, 3.05) is 41.9 Å². The molecule has 9 nitrogen and oxygen atoms in total. The second-order valence-corrected chi connectivity index (χ2v) is 6.73. The maximum atomic E-state index is 9.45. The Morgan fingerprint density at radius 3 is 2.40 bits per heavy atom. The average Bonchev–Trinajstić information content (AvgIpc) is 2.79. The van der Waals surface area contributed by atoms with Gasteiger partial charge < -0.3 is 20.1 Å². The summed E-state index contributed by atoms with van der Waals surface area (Å²) in [6.45, 7) is 4.56. The van der Waals surface area contributed by atoms with Gasteiger partial charge in [-0.2, -0.15) is 20.1 Å². The predicted octanol–water partition coefficient (Wildman–Crippen LogP) is 2.99. The Labute approximate surface area is 174 Å². The van der Waals surface area contributed by atoms with Crippen LogP contribution in [0.4, 0.5) is 23.5 Å². The highest BCUT2D eigenvalue weighted by atomic mass is 16.5. The van der Waals surface area contributed by atoms with Gasteiger partial charge in [0.2, 0.25) is 17.8 Å². The van der Waals surface area contributed by atoms with E-state index in [0.717, 1.165) is 17.0 Å². The number of aromatic nitrogens is 3. The molecule has 1 aliphatic heterocycles. The summed E-state index contributed by atoms with van der Waals surface area (Å²) in [5.41, 5.74) is 5.43. The Hall–Kier alpha value is -3.72. The molecular weight excluding hydrogens is 382 g/mol. The smallest absolute Gasteiger partial charge is 0.250 e. The van der Waals surface area contributed by atoms with E-state index in [1.807, 2.05) is 37.3 Å². The number of aromatic hydroxyl groups is 1. The van der Waals surface area contributed by atoms with Crippen molar-refractivity contribution in [2.45, 2.75) is 6.92 Å². The molecule has 30 heavy (non-hydrogen) atoms. The molecule has 0 amide bonds. The van der Waals surface area contributed by atoms with Gasteiger partial charge in [0.05, 0.1) is 18.9 Å². The maximum absolute atomic E-state index is 9.45. The zero-order valence-electron chi connectivity index (χ0n) is 16.6. The molecule has 0 unspecified atom stereocenters. The summed E-state index contributed by atoms with van der Waals surface area (Å²) in [5.74, 6) is 1.54. The number of nitrogens with one attached hydrogen (secondary N) is 2. The highest BCUT2D eigenvalue weighted by Gasteiger charge is 2.16. The van der Waals surface area contributed by atoms with E-state index in [1.165, 1.54) is 0 Å². The van der Waals surface area contributed by atoms with Crippen molar-refractivity contribution in [1.29, 1.82) is 0 Å². The lowest BCUT2D eigenvalue weighted by molar-refractivity contribution is 0.122. The Morgan fingerprint density at radius 2 is 1.67 bits per heavy atom. The zero-order chi connectivity index (χ0) is 20.8. The van der Waals surface area contributed by atoms with Crippen LogP contribution >= 0.6 is 0 Å². The molecule has 0 saturated carbocycles.